The molecule has 1 aliphatic heterocycles. The van der Waals surface area contributed by atoms with Crippen molar-refractivity contribution in [3.8, 4) is 0 Å². The van der Waals surface area contributed by atoms with Crippen LogP contribution in [0.4, 0.5) is 4.79 Å². The Labute approximate surface area is 130 Å². The summed E-state index contributed by atoms with van der Waals surface area (Å²) >= 11 is 0. The number of benzene rings is 1. The third kappa shape index (κ3) is 3.87. The molecule has 118 valence electrons. The lowest BCUT2D eigenvalue weighted by molar-refractivity contribution is -0.146. The Kier molecular flexibility index (Phi) is 5.58. The smallest absolute Gasteiger partial charge is 0.414 e. The van der Waals surface area contributed by atoms with Gasteiger partial charge in [0.2, 0.25) is 0 Å². The normalized spacial score (nSPS) is 17.1. The fraction of sp³-hybridized carbons (Fsp3) is 0.412. The number of ether oxygens (including phenoxy) is 2. The van der Waals surface area contributed by atoms with Gasteiger partial charge in [-0.15, -0.1) is 0 Å². The fourth-order valence-electron chi connectivity index (χ4n) is 2.39. The molecular weight excluding hydrogens is 282 g/mol. The van der Waals surface area contributed by atoms with E-state index in [1.807, 2.05) is 37.3 Å². The summed E-state index contributed by atoms with van der Waals surface area (Å²) in [6, 6.07) is 9.49. The van der Waals surface area contributed by atoms with E-state index in [2.05, 4.69) is 0 Å². The standard InChI is InChI=1S/C17H21NO4/c1-3-14-10-18(11-15(14)16(19)21-4-2)17(20)22-12-13-8-6-5-7-9-13/h5-10,15H,3-4,11-12H2,1-2H3. The zero-order chi connectivity index (χ0) is 15.9. The van der Waals surface area contributed by atoms with Crippen molar-refractivity contribution in [2.75, 3.05) is 13.2 Å². The van der Waals surface area contributed by atoms with Crippen LogP contribution >= 0.6 is 0 Å². The zero-order valence-electron chi connectivity index (χ0n) is 13.0. The predicted molar refractivity (Wildman–Crippen MR) is 81.8 cm³/mol. The SMILES string of the molecule is CCOC(=O)C1CN(C(=O)OCc2ccccc2)C=C1CC. The number of carbonyl (C=O) groups excluding carboxylic acids is 2. The fourth-order valence-corrected chi connectivity index (χ4v) is 2.39. The van der Waals surface area contributed by atoms with Crippen LogP contribution in [-0.4, -0.2) is 30.1 Å². The minimum atomic E-state index is -0.443. The van der Waals surface area contributed by atoms with Gasteiger partial charge in [-0.25, -0.2) is 4.79 Å². The van der Waals surface area contributed by atoms with Gasteiger partial charge < -0.3 is 9.47 Å². The highest BCUT2D eigenvalue weighted by atomic mass is 16.6. The van der Waals surface area contributed by atoms with Gasteiger partial charge in [0.15, 0.2) is 0 Å². The molecule has 0 N–H and O–H groups in total. The van der Waals surface area contributed by atoms with Crippen LogP contribution in [0.15, 0.2) is 42.1 Å². The molecule has 0 fully saturated rings. The molecule has 1 amide bonds. The maximum absolute atomic E-state index is 12.1. The van der Waals surface area contributed by atoms with Crippen molar-refractivity contribution in [3.63, 3.8) is 0 Å². The van der Waals surface area contributed by atoms with Gasteiger partial charge in [-0.2, -0.15) is 0 Å². The second-order valence-electron chi connectivity index (χ2n) is 5.05. The quantitative estimate of drug-likeness (QED) is 0.784. The average molecular weight is 303 g/mol. The average Bonchev–Trinajstić information content (AvgIpc) is 2.98. The maximum atomic E-state index is 12.1. The zero-order valence-corrected chi connectivity index (χ0v) is 13.0. The third-order valence-corrected chi connectivity index (χ3v) is 3.57. The Morgan fingerprint density at radius 1 is 1.18 bits per heavy atom. The molecule has 0 aromatic heterocycles. The van der Waals surface area contributed by atoms with Crippen LogP contribution in [0.3, 0.4) is 0 Å². The third-order valence-electron chi connectivity index (χ3n) is 3.57. The molecule has 0 saturated carbocycles. The van der Waals surface area contributed by atoms with Crippen LogP contribution in [0.2, 0.25) is 0 Å². The predicted octanol–water partition coefficient (Wildman–Crippen LogP) is 3.11. The van der Waals surface area contributed by atoms with Crippen molar-refractivity contribution in [1.29, 1.82) is 0 Å². The van der Waals surface area contributed by atoms with Gasteiger partial charge in [0.1, 0.15) is 6.61 Å². The van der Waals surface area contributed by atoms with E-state index < -0.39 is 6.09 Å². The van der Waals surface area contributed by atoms with Gasteiger partial charge >= 0.3 is 12.1 Å². The second kappa shape index (κ2) is 7.64. The molecule has 1 heterocycles. The van der Waals surface area contributed by atoms with E-state index in [1.54, 1.807) is 13.1 Å². The highest BCUT2D eigenvalue weighted by Gasteiger charge is 2.33. The minimum absolute atomic E-state index is 0.218. The van der Waals surface area contributed by atoms with Crippen LogP contribution in [0.25, 0.3) is 0 Å². The topological polar surface area (TPSA) is 55.8 Å². The summed E-state index contributed by atoms with van der Waals surface area (Å²) in [4.78, 5) is 25.5. The molecule has 1 aromatic carbocycles. The molecule has 5 nitrogen and oxygen atoms in total. The Morgan fingerprint density at radius 3 is 2.55 bits per heavy atom. The molecule has 0 radical (unpaired) electrons. The molecule has 0 aliphatic carbocycles. The first-order chi connectivity index (χ1) is 10.7. The van der Waals surface area contributed by atoms with E-state index in [9.17, 15) is 9.59 Å². The number of hydrogen-bond acceptors (Lipinski definition) is 4. The van der Waals surface area contributed by atoms with E-state index in [0.717, 1.165) is 11.1 Å². The summed E-state index contributed by atoms with van der Waals surface area (Å²) in [6.45, 7) is 4.57. The lowest BCUT2D eigenvalue weighted by atomic mass is 10.0. The van der Waals surface area contributed by atoms with Crippen molar-refractivity contribution in [3.05, 3.63) is 47.7 Å². The van der Waals surface area contributed by atoms with E-state index in [0.29, 0.717) is 13.0 Å². The minimum Gasteiger partial charge on any atom is -0.465 e. The van der Waals surface area contributed by atoms with Gasteiger partial charge in [0, 0.05) is 12.7 Å². The first kappa shape index (κ1) is 16.1. The molecule has 1 aromatic rings. The van der Waals surface area contributed by atoms with Crippen LogP contribution in [-0.2, 0) is 20.9 Å². The molecule has 1 unspecified atom stereocenters. The number of rotatable bonds is 5. The van der Waals surface area contributed by atoms with E-state index in [4.69, 9.17) is 9.47 Å². The second-order valence-corrected chi connectivity index (χ2v) is 5.05. The Bertz CT molecular complexity index is 553. The Hall–Kier alpha value is -2.30. The lowest BCUT2D eigenvalue weighted by Crippen LogP contribution is -2.30. The molecule has 0 saturated heterocycles. The van der Waals surface area contributed by atoms with Crippen molar-refractivity contribution in [2.24, 2.45) is 5.92 Å². The van der Waals surface area contributed by atoms with Gasteiger partial charge in [0.25, 0.3) is 0 Å². The van der Waals surface area contributed by atoms with Crippen molar-refractivity contribution in [1.82, 2.24) is 4.90 Å². The molecule has 2 rings (SSSR count). The highest BCUT2D eigenvalue weighted by Crippen LogP contribution is 2.26. The van der Waals surface area contributed by atoms with Gasteiger partial charge in [-0.3, -0.25) is 9.69 Å². The molecule has 1 atom stereocenters. The molecule has 22 heavy (non-hydrogen) atoms. The van der Waals surface area contributed by atoms with Crippen molar-refractivity contribution >= 4 is 12.1 Å². The first-order valence-corrected chi connectivity index (χ1v) is 7.50. The van der Waals surface area contributed by atoms with E-state index >= 15 is 0 Å². The summed E-state index contributed by atoms with van der Waals surface area (Å²) in [5.41, 5.74) is 1.83. The van der Waals surface area contributed by atoms with Gasteiger partial charge in [0.05, 0.1) is 12.5 Å². The number of esters is 1. The molecular formula is C17H21NO4. The van der Waals surface area contributed by atoms with Crippen molar-refractivity contribution in [2.45, 2.75) is 26.9 Å². The summed E-state index contributed by atoms with van der Waals surface area (Å²) in [6.07, 6.45) is 1.96. The highest BCUT2D eigenvalue weighted by molar-refractivity contribution is 5.79. The number of amides is 1. The van der Waals surface area contributed by atoms with Crippen LogP contribution < -0.4 is 0 Å². The summed E-state index contributed by atoms with van der Waals surface area (Å²) < 4.78 is 10.3. The summed E-state index contributed by atoms with van der Waals surface area (Å²) in [5, 5.41) is 0. The summed E-state index contributed by atoms with van der Waals surface area (Å²) in [7, 11) is 0. The number of carbonyl (C=O) groups is 2. The number of nitrogens with zero attached hydrogens (tertiary/aromatic N) is 1. The Morgan fingerprint density at radius 2 is 1.91 bits per heavy atom. The monoisotopic (exact) mass is 303 g/mol. The van der Waals surface area contributed by atoms with E-state index in [-0.39, 0.29) is 25.0 Å². The first-order valence-electron chi connectivity index (χ1n) is 7.50. The van der Waals surface area contributed by atoms with Gasteiger partial charge in [-0.05, 0) is 24.5 Å². The molecule has 5 heteroatoms. The summed E-state index contributed by atoms with van der Waals surface area (Å²) in [5.74, 6) is -0.664. The number of hydrogen-bond donors (Lipinski definition) is 0. The van der Waals surface area contributed by atoms with Gasteiger partial charge in [-0.1, -0.05) is 37.3 Å². The van der Waals surface area contributed by atoms with Crippen LogP contribution in [0.5, 0.6) is 0 Å². The van der Waals surface area contributed by atoms with Crippen LogP contribution in [0, 0.1) is 5.92 Å². The van der Waals surface area contributed by atoms with Crippen molar-refractivity contribution < 1.29 is 19.1 Å². The van der Waals surface area contributed by atoms with E-state index in [1.165, 1.54) is 4.90 Å². The Balaban J connectivity index is 1.93. The molecule has 1 aliphatic rings. The van der Waals surface area contributed by atoms with Crippen LogP contribution in [0.1, 0.15) is 25.8 Å². The largest absolute Gasteiger partial charge is 0.465 e. The lowest BCUT2D eigenvalue weighted by Gasteiger charge is -2.16. The maximum Gasteiger partial charge on any atom is 0.414 e. The molecule has 0 spiro atoms. The molecule has 0 bridgehead atoms.